The highest BCUT2D eigenvalue weighted by Crippen LogP contribution is 2.28. The normalized spacial score (nSPS) is 12.1. The fourth-order valence-corrected chi connectivity index (χ4v) is 2.15. The van der Waals surface area contributed by atoms with Gasteiger partial charge in [0.2, 0.25) is 5.91 Å². The Morgan fingerprint density at radius 3 is 2.44 bits per heavy atom. The van der Waals surface area contributed by atoms with Gasteiger partial charge >= 0.3 is 0 Å². The maximum atomic E-state index is 12.0. The van der Waals surface area contributed by atoms with E-state index in [9.17, 15) is 4.79 Å². The molecular formula is C14H17ClN2O. The number of aryl methyl sites for hydroxylation is 2. The summed E-state index contributed by atoms with van der Waals surface area (Å²) in [7, 11) is 0. The second-order valence-corrected chi connectivity index (χ2v) is 5.19. The predicted octanol–water partition coefficient (Wildman–Crippen LogP) is 3.69. The van der Waals surface area contributed by atoms with Gasteiger partial charge in [0.25, 0.3) is 0 Å². The van der Waals surface area contributed by atoms with Crippen LogP contribution in [0.4, 0.5) is 5.69 Å². The van der Waals surface area contributed by atoms with Crippen LogP contribution in [0.2, 0.25) is 5.02 Å². The van der Waals surface area contributed by atoms with Crippen molar-refractivity contribution in [2.75, 3.05) is 5.32 Å². The van der Waals surface area contributed by atoms with Gasteiger partial charge in [-0.15, -0.1) is 0 Å². The second kappa shape index (κ2) is 5.88. The summed E-state index contributed by atoms with van der Waals surface area (Å²) in [4.78, 5) is 12.0. The maximum Gasteiger partial charge on any atom is 0.242 e. The van der Waals surface area contributed by atoms with Gasteiger partial charge in [-0.2, -0.15) is 5.26 Å². The van der Waals surface area contributed by atoms with E-state index in [2.05, 4.69) is 5.32 Å². The molecule has 0 aromatic heterocycles. The molecule has 0 bridgehead atoms. The van der Waals surface area contributed by atoms with Gasteiger partial charge in [-0.25, -0.2) is 0 Å². The Morgan fingerprint density at radius 1 is 1.39 bits per heavy atom. The van der Waals surface area contributed by atoms with Crippen LogP contribution in [-0.4, -0.2) is 5.91 Å². The first-order chi connectivity index (χ1) is 8.36. The number of halogens is 1. The molecule has 1 amide bonds. The van der Waals surface area contributed by atoms with Crippen LogP contribution in [0.25, 0.3) is 0 Å². The SMILES string of the molecule is Cc1cc(C)c(NC(=O)C(C#N)C(C)C)c(Cl)c1. The summed E-state index contributed by atoms with van der Waals surface area (Å²) >= 11 is 6.11. The average Bonchev–Trinajstić information content (AvgIpc) is 2.23. The number of nitriles is 1. The highest BCUT2D eigenvalue weighted by Gasteiger charge is 2.22. The van der Waals surface area contributed by atoms with Crippen LogP contribution in [0.3, 0.4) is 0 Å². The van der Waals surface area contributed by atoms with E-state index in [0.717, 1.165) is 11.1 Å². The standard InChI is InChI=1S/C14H17ClN2O/c1-8(2)11(7-16)14(18)17-13-10(4)5-9(3)6-12(13)15/h5-6,8,11H,1-4H3,(H,17,18). The number of rotatable bonds is 3. The molecule has 96 valence electrons. The molecule has 0 aliphatic rings. The van der Waals surface area contributed by atoms with Crippen molar-refractivity contribution in [1.82, 2.24) is 0 Å². The minimum atomic E-state index is -0.665. The van der Waals surface area contributed by atoms with E-state index in [1.807, 2.05) is 39.8 Å². The molecule has 3 nitrogen and oxygen atoms in total. The fraction of sp³-hybridized carbons (Fsp3) is 0.429. The molecule has 1 aromatic carbocycles. The molecule has 0 spiro atoms. The van der Waals surface area contributed by atoms with E-state index in [-0.39, 0.29) is 11.8 Å². The van der Waals surface area contributed by atoms with Gasteiger partial charge in [0.05, 0.1) is 16.8 Å². The monoisotopic (exact) mass is 264 g/mol. The first kappa shape index (κ1) is 14.5. The van der Waals surface area contributed by atoms with Crippen LogP contribution in [-0.2, 0) is 4.79 Å². The Morgan fingerprint density at radius 2 is 2.00 bits per heavy atom. The molecule has 0 aliphatic heterocycles. The molecule has 1 aromatic rings. The van der Waals surface area contributed by atoms with Gasteiger partial charge < -0.3 is 5.32 Å². The third-order valence-corrected chi connectivity index (χ3v) is 3.07. The summed E-state index contributed by atoms with van der Waals surface area (Å²) in [6.07, 6.45) is 0. The first-order valence-electron chi connectivity index (χ1n) is 5.84. The van der Waals surface area contributed by atoms with Crippen molar-refractivity contribution in [3.05, 3.63) is 28.3 Å². The average molecular weight is 265 g/mol. The van der Waals surface area contributed by atoms with Crippen LogP contribution in [0.5, 0.6) is 0 Å². The molecule has 0 saturated heterocycles. The number of nitrogens with one attached hydrogen (secondary N) is 1. The molecule has 1 rings (SSSR count). The van der Waals surface area contributed by atoms with Crippen LogP contribution >= 0.6 is 11.6 Å². The van der Waals surface area contributed by atoms with E-state index in [0.29, 0.717) is 10.7 Å². The third kappa shape index (κ3) is 3.24. The zero-order valence-electron chi connectivity index (χ0n) is 11.0. The molecule has 18 heavy (non-hydrogen) atoms. The lowest BCUT2D eigenvalue weighted by Crippen LogP contribution is -2.26. The number of benzene rings is 1. The topological polar surface area (TPSA) is 52.9 Å². The van der Waals surface area contributed by atoms with Crippen LogP contribution in [0.15, 0.2) is 12.1 Å². The van der Waals surface area contributed by atoms with Crippen molar-refractivity contribution in [3.8, 4) is 6.07 Å². The van der Waals surface area contributed by atoms with E-state index in [1.165, 1.54) is 0 Å². The Kier molecular flexibility index (Phi) is 4.75. The molecule has 0 aliphatic carbocycles. The van der Waals surface area contributed by atoms with E-state index in [1.54, 1.807) is 6.07 Å². The van der Waals surface area contributed by atoms with Gasteiger partial charge in [-0.1, -0.05) is 31.5 Å². The van der Waals surface area contributed by atoms with Gasteiger partial charge in [0.1, 0.15) is 5.92 Å². The Labute approximate surface area is 113 Å². The van der Waals surface area contributed by atoms with Gasteiger partial charge in [0, 0.05) is 0 Å². The van der Waals surface area contributed by atoms with Gasteiger partial charge in [-0.3, -0.25) is 4.79 Å². The molecule has 0 saturated carbocycles. The van der Waals surface area contributed by atoms with Crippen LogP contribution in [0, 0.1) is 37.0 Å². The Hall–Kier alpha value is -1.53. The maximum absolute atomic E-state index is 12.0. The summed E-state index contributed by atoms with van der Waals surface area (Å²) in [6, 6.07) is 5.75. The van der Waals surface area contributed by atoms with Crippen molar-refractivity contribution >= 4 is 23.2 Å². The fourth-order valence-electron chi connectivity index (χ4n) is 1.79. The number of amides is 1. The van der Waals surface area contributed by atoms with Gasteiger partial charge in [-0.05, 0) is 37.0 Å². The molecule has 0 heterocycles. The van der Waals surface area contributed by atoms with E-state index >= 15 is 0 Å². The van der Waals surface area contributed by atoms with Crippen LogP contribution < -0.4 is 5.32 Å². The number of hydrogen-bond acceptors (Lipinski definition) is 2. The second-order valence-electron chi connectivity index (χ2n) is 4.78. The highest BCUT2D eigenvalue weighted by molar-refractivity contribution is 6.34. The minimum absolute atomic E-state index is 0.0282. The molecule has 1 unspecified atom stereocenters. The molecule has 4 heteroatoms. The zero-order chi connectivity index (χ0) is 13.9. The summed E-state index contributed by atoms with van der Waals surface area (Å²) in [5.74, 6) is -0.998. The number of carbonyl (C=O) groups excluding carboxylic acids is 1. The Bertz CT molecular complexity index is 480. The van der Waals surface area contributed by atoms with Crippen molar-refractivity contribution in [2.45, 2.75) is 27.7 Å². The van der Waals surface area contributed by atoms with Crippen molar-refractivity contribution in [1.29, 1.82) is 5.26 Å². The lowest BCUT2D eigenvalue weighted by atomic mass is 9.96. The van der Waals surface area contributed by atoms with E-state index in [4.69, 9.17) is 16.9 Å². The lowest BCUT2D eigenvalue weighted by Gasteiger charge is -2.16. The third-order valence-electron chi connectivity index (χ3n) is 2.77. The summed E-state index contributed by atoms with van der Waals surface area (Å²) in [6.45, 7) is 7.51. The number of hydrogen-bond donors (Lipinski definition) is 1. The van der Waals surface area contributed by atoms with Crippen molar-refractivity contribution in [3.63, 3.8) is 0 Å². The quantitative estimate of drug-likeness (QED) is 0.905. The van der Waals surface area contributed by atoms with Crippen LogP contribution in [0.1, 0.15) is 25.0 Å². The zero-order valence-corrected chi connectivity index (χ0v) is 11.8. The molecule has 0 fully saturated rings. The molecular weight excluding hydrogens is 248 g/mol. The van der Waals surface area contributed by atoms with Gasteiger partial charge in [0.15, 0.2) is 0 Å². The molecule has 1 N–H and O–H groups in total. The summed E-state index contributed by atoms with van der Waals surface area (Å²) in [5.41, 5.74) is 2.53. The highest BCUT2D eigenvalue weighted by atomic mass is 35.5. The molecule has 0 radical (unpaired) electrons. The minimum Gasteiger partial charge on any atom is -0.323 e. The Balaban J connectivity index is 2.99. The predicted molar refractivity (Wildman–Crippen MR) is 73.5 cm³/mol. The van der Waals surface area contributed by atoms with Crippen molar-refractivity contribution < 1.29 is 4.79 Å². The smallest absolute Gasteiger partial charge is 0.242 e. The van der Waals surface area contributed by atoms with E-state index < -0.39 is 5.92 Å². The number of nitrogens with zero attached hydrogens (tertiary/aromatic N) is 1. The summed E-state index contributed by atoms with van der Waals surface area (Å²) < 4.78 is 0. The number of carbonyl (C=O) groups is 1. The van der Waals surface area contributed by atoms with Crippen molar-refractivity contribution in [2.24, 2.45) is 11.8 Å². The largest absolute Gasteiger partial charge is 0.323 e. The summed E-state index contributed by atoms with van der Waals surface area (Å²) in [5, 5.41) is 12.2. The first-order valence-corrected chi connectivity index (χ1v) is 6.21. The number of anilines is 1. The molecule has 1 atom stereocenters. The lowest BCUT2D eigenvalue weighted by molar-refractivity contribution is -0.119.